The number of pyridine rings is 1. The molecule has 0 radical (unpaired) electrons. The van der Waals surface area contributed by atoms with Crippen LogP contribution >= 0.6 is 0 Å². The molecule has 34 heavy (non-hydrogen) atoms. The van der Waals surface area contributed by atoms with Crippen LogP contribution in [0.2, 0.25) is 0 Å². The van der Waals surface area contributed by atoms with Crippen molar-refractivity contribution in [1.82, 2.24) is 15.6 Å². The van der Waals surface area contributed by atoms with Gasteiger partial charge < -0.3 is 31.0 Å². The quantitative estimate of drug-likeness (QED) is 0.108. The minimum Gasteiger partial charge on any atom is -0.550 e. The Morgan fingerprint density at radius 2 is 1.94 bits per heavy atom. The van der Waals surface area contributed by atoms with Crippen molar-refractivity contribution in [3.63, 3.8) is 0 Å². The zero-order valence-corrected chi connectivity index (χ0v) is 20.9. The van der Waals surface area contributed by atoms with Crippen LogP contribution in [0.4, 0.5) is 11.5 Å². The van der Waals surface area contributed by atoms with E-state index in [0.29, 0.717) is 18.8 Å². The summed E-state index contributed by atoms with van der Waals surface area (Å²) in [6, 6.07) is 5.99. The van der Waals surface area contributed by atoms with Gasteiger partial charge in [0.15, 0.2) is 5.75 Å². The van der Waals surface area contributed by atoms with E-state index in [4.69, 9.17) is 0 Å². The van der Waals surface area contributed by atoms with Gasteiger partial charge in [-0.15, -0.1) is 0 Å². The number of phenols is 1. The van der Waals surface area contributed by atoms with E-state index in [1.165, 1.54) is 12.1 Å². The van der Waals surface area contributed by atoms with Crippen LogP contribution in [0.25, 0.3) is 0 Å². The summed E-state index contributed by atoms with van der Waals surface area (Å²) in [6.45, 7) is 1.99. The second kappa shape index (κ2) is 14.1. The first-order valence-electron chi connectivity index (χ1n) is 10.1. The molecule has 0 aliphatic rings. The summed E-state index contributed by atoms with van der Waals surface area (Å²) in [5, 5.41) is 40.0. The van der Waals surface area contributed by atoms with Crippen LogP contribution in [-0.2, 0) is 14.4 Å². The Morgan fingerprint density at radius 1 is 1.21 bits per heavy atom. The number of aliphatic carboxylic acids is 1. The van der Waals surface area contributed by atoms with E-state index in [1.54, 1.807) is 6.20 Å². The second-order valence-electron chi connectivity index (χ2n) is 7.19. The fraction of sp³-hybridized carbons (Fsp3) is 0.333. The number of amides is 2. The van der Waals surface area contributed by atoms with Crippen molar-refractivity contribution >= 4 is 29.3 Å². The molecule has 0 spiro atoms. The van der Waals surface area contributed by atoms with Crippen molar-refractivity contribution in [3.8, 4) is 5.75 Å². The average Bonchev–Trinajstić information content (AvgIpc) is 2.74. The van der Waals surface area contributed by atoms with Crippen molar-refractivity contribution < 1.29 is 59.1 Å². The number of hydrogen-bond acceptors (Lipinski definition) is 9. The van der Waals surface area contributed by atoms with Crippen molar-refractivity contribution in [2.75, 3.05) is 18.4 Å². The molecule has 2 rings (SSSR count). The number of carbonyl (C=O) groups is 3. The van der Waals surface area contributed by atoms with Gasteiger partial charge in [0, 0.05) is 43.2 Å². The number of nitrogens with zero attached hydrogens (tertiary/aromatic N) is 2. The monoisotopic (exact) mass is 481 g/mol. The molecule has 0 aliphatic heterocycles. The zero-order valence-electron chi connectivity index (χ0n) is 18.9. The Hall–Kier alpha value is -3.22. The van der Waals surface area contributed by atoms with Gasteiger partial charge in [-0.05, 0) is 31.0 Å². The topological polar surface area (TPSA) is 187 Å². The van der Waals surface area contributed by atoms with Gasteiger partial charge in [0.25, 0.3) is 0 Å². The van der Waals surface area contributed by atoms with Crippen LogP contribution in [0.5, 0.6) is 5.75 Å². The van der Waals surface area contributed by atoms with Gasteiger partial charge in [0.05, 0.1) is 17.5 Å². The SMILES string of the molecule is Cc1ccnc(NCCCC(=O)NCC(=O)NC(CC(=O)[O-])c2cccc([N+](=O)[O-])c2O)c1.[Na+]. The predicted molar refractivity (Wildman–Crippen MR) is 115 cm³/mol. The number of anilines is 1. The van der Waals surface area contributed by atoms with Gasteiger partial charge in [0.1, 0.15) is 5.82 Å². The number of para-hydroxylation sites is 1. The van der Waals surface area contributed by atoms with E-state index in [9.17, 15) is 34.7 Å². The summed E-state index contributed by atoms with van der Waals surface area (Å²) in [7, 11) is 0. The molecule has 2 aromatic rings. The van der Waals surface area contributed by atoms with Crippen LogP contribution in [0.15, 0.2) is 36.5 Å². The summed E-state index contributed by atoms with van der Waals surface area (Å²) in [5.74, 6) is -2.72. The molecule has 0 fully saturated rings. The van der Waals surface area contributed by atoms with Crippen molar-refractivity contribution in [1.29, 1.82) is 0 Å². The second-order valence-corrected chi connectivity index (χ2v) is 7.19. The third kappa shape index (κ3) is 9.33. The normalized spacial score (nSPS) is 11.0. The standard InChI is InChI=1S/C21H25N5O7.Na/c1-13-7-9-23-17(10-13)22-8-3-6-18(27)24-12-19(28)25-15(11-20(29)30)14-4-2-5-16(21(14)31)26(32)33;/h2,4-5,7,9-10,15,31H,3,6,8,11-12H2,1H3,(H,22,23)(H,24,27)(H,25,28)(H,29,30);/q;+1/p-1. The van der Waals surface area contributed by atoms with E-state index in [1.807, 2.05) is 19.1 Å². The minimum absolute atomic E-state index is 0. The maximum absolute atomic E-state index is 12.2. The molecular weight excluding hydrogens is 457 g/mol. The Bertz CT molecular complexity index is 1030. The van der Waals surface area contributed by atoms with E-state index in [0.717, 1.165) is 11.6 Å². The Labute approximate surface area is 217 Å². The summed E-state index contributed by atoms with van der Waals surface area (Å²) in [5.41, 5.74) is 0.267. The third-order valence-corrected chi connectivity index (χ3v) is 4.57. The van der Waals surface area contributed by atoms with Gasteiger partial charge >= 0.3 is 35.2 Å². The molecule has 1 unspecified atom stereocenters. The van der Waals surface area contributed by atoms with Gasteiger partial charge in [-0.25, -0.2) is 4.98 Å². The molecule has 12 nitrogen and oxygen atoms in total. The number of nitro groups is 1. The maximum atomic E-state index is 12.2. The molecular formula is C21H24N5NaO7. The molecule has 2 amide bonds. The first-order valence-corrected chi connectivity index (χ1v) is 10.1. The number of aryl methyl sites for hydroxylation is 1. The molecule has 1 heterocycles. The Morgan fingerprint density at radius 3 is 2.59 bits per heavy atom. The van der Waals surface area contributed by atoms with Crippen molar-refractivity contribution in [2.24, 2.45) is 0 Å². The molecule has 1 atom stereocenters. The molecule has 13 heteroatoms. The van der Waals surface area contributed by atoms with Crippen LogP contribution < -0.4 is 50.6 Å². The summed E-state index contributed by atoms with van der Waals surface area (Å²) in [4.78, 5) is 49.6. The number of carboxylic acid groups (broad SMARTS) is 1. The molecule has 176 valence electrons. The van der Waals surface area contributed by atoms with Crippen LogP contribution in [0.3, 0.4) is 0 Å². The van der Waals surface area contributed by atoms with Crippen LogP contribution in [-0.4, -0.2) is 45.9 Å². The molecule has 4 N–H and O–H groups in total. The number of phenolic OH excluding ortho intramolecular Hbond substituents is 1. The third-order valence-electron chi connectivity index (χ3n) is 4.57. The largest absolute Gasteiger partial charge is 1.00 e. The maximum Gasteiger partial charge on any atom is 1.00 e. The first kappa shape index (κ1) is 28.8. The van der Waals surface area contributed by atoms with Gasteiger partial charge in [-0.3, -0.25) is 19.7 Å². The summed E-state index contributed by atoms with van der Waals surface area (Å²) < 4.78 is 0. The minimum atomic E-state index is -1.54. The van der Waals surface area contributed by atoms with E-state index in [-0.39, 0.29) is 41.5 Å². The van der Waals surface area contributed by atoms with Crippen LogP contribution in [0, 0.1) is 17.0 Å². The number of nitro benzene ring substituents is 1. The molecule has 1 aromatic heterocycles. The molecule has 0 bridgehead atoms. The summed E-state index contributed by atoms with van der Waals surface area (Å²) >= 11 is 0. The van der Waals surface area contributed by atoms with Gasteiger partial charge in [-0.1, -0.05) is 12.1 Å². The van der Waals surface area contributed by atoms with Crippen molar-refractivity contribution in [3.05, 3.63) is 57.8 Å². The molecule has 0 saturated carbocycles. The predicted octanol–water partition coefficient (Wildman–Crippen LogP) is -2.69. The molecule has 0 saturated heterocycles. The van der Waals surface area contributed by atoms with Crippen LogP contribution in [0.1, 0.15) is 36.4 Å². The fourth-order valence-electron chi connectivity index (χ4n) is 2.99. The number of carboxylic acids is 1. The number of nitrogens with one attached hydrogen (secondary N) is 3. The number of rotatable bonds is 12. The van der Waals surface area contributed by atoms with E-state index < -0.39 is 53.2 Å². The van der Waals surface area contributed by atoms with E-state index >= 15 is 0 Å². The number of hydrogen-bond donors (Lipinski definition) is 4. The fourth-order valence-corrected chi connectivity index (χ4v) is 2.99. The number of carbonyl (C=O) groups excluding carboxylic acids is 3. The smallest absolute Gasteiger partial charge is 0.550 e. The molecule has 0 aliphatic carbocycles. The number of aromatic hydroxyl groups is 1. The number of aromatic nitrogens is 1. The Kier molecular flexibility index (Phi) is 12.0. The number of benzene rings is 1. The van der Waals surface area contributed by atoms with Gasteiger partial charge in [-0.2, -0.15) is 0 Å². The Balaban J connectivity index is 0.00000578. The van der Waals surface area contributed by atoms with E-state index in [2.05, 4.69) is 20.9 Å². The van der Waals surface area contributed by atoms with Crippen molar-refractivity contribution in [2.45, 2.75) is 32.2 Å². The zero-order chi connectivity index (χ0) is 24.4. The molecule has 1 aromatic carbocycles. The summed E-state index contributed by atoms with van der Waals surface area (Å²) in [6.07, 6.45) is 1.56. The first-order chi connectivity index (χ1) is 15.7. The average molecular weight is 481 g/mol. The van der Waals surface area contributed by atoms with Gasteiger partial charge in [0.2, 0.25) is 11.8 Å².